The Labute approximate surface area is 163 Å². The first-order valence-corrected chi connectivity index (χ1v) is 9.50. The Morgan fingerprint density at radius 2 is 1.93 bits per heavy atom. The molecule has 144 valence electrons. The predicted molar refractivity (Wildman–Crippen MR) is 108 cm³/mol. The number of fused-ring (bicyclic) bond motifs is 1. The van der Waals surface area contributed by atoms with Crippen molar-refractivity contribution in [3.63, 3.8) is 0 Å². The zero-order valence-electron chi connectivity index (χ0n) is 15.9. The molecule has 0 aliphatic carbocycles. The summed E-state index contributed by atoms with van der Waals surface area (Å²) in [5, 5.41) is 1.60. The van der Waals surface area contributed by atoms with Gasteiger partial charge in [0.2, 0.25) is 0 Å². The number of piperazine rings is 1. The molecule has 3 aromatic rings. The lowest BCUT2D eigenvalue weighted by molar-refractivity contribution is -0.120. The SMILES string of the molecule is CN1CCN(CC(=O)Cc2cc3cc(-c4cccnc4)c(F)cc3cn2)CC1. The molecule has 0 unspecified atom stereocenters. The van der Waals surface area contributed by atoms with Crippen LogP contribution in [0.25, 0.3) is 21.9 Å². The number of carbonyl (C=O) groups excluding carboxylic acids is 1. The number of benzene rings is 1. The number of halogens is 1. The third-order valence-electron chi connectivity index (χ3n) is 5.21. The molecule has 0 amide bonds. The molecule has 1 aromatic carbocycles. The van der Waals surface area contributed by atoms with Crippen molar-refractivity contribution in [3.8, 4) is 11.1 Å². The van der Waals surface area contributed by atoms with Crippen LogP contribution in [0.2, 0.25) is 0 Å². The molecule has 0 atom stereocenters. The van der Waals surface area contributed by atoms with Gasteiger partial charge in [-0.3, -0.25) is 19.7 Å². The van der Waals surface area contributed by atoms with Crippen LogP contribution in [0, 0.1) is 5.82 Å². The summed E-state index contributed by atoms with van der Waals surface area (Å²) in [7, 11) is 2.10. The van der Waals surface area contributed by atoms with Crippen LogP contribution in [-0.4, -0.2) is 65.3 Å². The Bertz CT molecular complexity index is 984. The molecule has 1 aliphatic rings. The maximum absolute atomic E-state index is 14.5. The van der Waals surface area contributed by atoms with Gasteiger partial charge in [-0.1, -0.05) is 6.07 Å². The largest absolute Gasteiger partial charge is 0.304 e. The number of likely N-dealkylation sites (N-methyl/N-ethyl adjacent to an activating group) is 1. The lowest BCUT2D eigenvalue weighted by atomic mass is 10.0. The molecule has 0 spiro atoms. The van der Waals surface area contributed by atoms with Gasteiger partial charge in [0, 0.05) is 67.0 Å². The van der Waals surface area contributed by atoms with Crippen molar-refractivity contribution in [2.24, 2.45) is 0 Å². The van der Waals surface area contributed by atoms with Crippen molar-refractivity contribution in [1.82, 2.24) is 19.8 Å². The maximum Gasteiger partial charge on any atom is 0.152 e. The third-order valence-corrected chi connectivity index (χ3v) is 5.21. The van der Waals surface area contributed by atoms with E-state index in [9.17, 15) is 9.18 Å². The summed E-state index contributed by atoms with van der Waals surface area (Å²) in [5.74, 6) is -0.146. The molecule has 1 fully saturated rings. The summed E-state index contributed by atoms with van der Waals surface area (Å²) >= 11 is 0. The minimum absolute atomic E-state index is 0.158. The molecular formula is C22H23FN4O. The van der Waals surface area contributed by atoms with Gasteiger partial charge in [-0.15, -0.1) is 0 Å². The van der Waals surface area contributed by atoms with Crippen molar-refractivity contribution < 1.29 is 9.18 Å². The maximum atomic E-state index is 14.5. The first-order valence-electron chi connectivity index (χ1n) is 9.50. The molecule has 4 rings (SSSR count). The van der Waals surface area contributed by atoms with Gasteiger partial charge in [-0.25, -0.2) is 4.39 Å². The van der Waals surface area contributed by atoms with Crippen molar-refractivity contribution in [3.05, 3.63) is 60.4 Å². The molecule has 0 N–H and O–H groups in total. The van der Waals surface area contributed by atoms with Crippen molar-refractivity contribution in [2.45, 2.75) is 6.42 Å². The quantitative estimate of drug-likeness (QED) is 0.683. The van der Waals surface area contributed by atoms with Gasteiger partial charge in [-0.2, -0.15) is 0 Å². The summed E-state index contributed by atoms with van der Waals surface area (Å²) in [6.07, 6.45) is 5.24. The Morgan fingerprint density at radius 3 is 2.68 bits per heavy atom. The fourth-order valence-electron chi connectivity index (χ4n) is 3.56. The van der Waals surface area contributed by atoms with Crippen LogP contribution in [0.4, 0.5) is 4.39 Å². The number of rotatable bonds is 5. The van der Waals surface area contributed by atoms with Crippen LogP contribution < -0.4 is 0 Å². The predicted octanol–water partition coefficient (Wildman–Crippen LogP) is 2.79. The summed E-state index contributed by atoms with van der Waals surface area (Å²) < 4.78 is 14.5. The number of aromatic nitrogens is 2. The monoisotopic (exact) mass is 378 g/mol. The molecule has 1 saturated heterocycles. The topological polar surface area (TPSA) is 49.3 Å². The highest BCUT2D eigenvalue weighted by atomic mass is 19.1. The fraction of sp³-hybridized carbons (Fsp3) is 0.318. The normalized spacial score (nSPS) is 15.8. The third kappa shape index (κ3) is 4.24. The summed E-state index contributed by atoms with van der Waals surface area (Å²) in [5.41, 5.74) is 1.95. The lowest BCUT2D eigenvalue weighted by Gasteiger charge is -2.31. The van der Waals surface area contributed by atoms with E-state index in [4.69, 9.17) is 0 Å². The van der Waals surface area contributed by atoms with Gasteiger partial charge in [0.15, 0.2) is 5.78 Å². The van der Waals surface area contributed by atoms with Gasteiger partial charge in [0.25, 0.3) is 0 Å². The molecule has 6 heteroatoms. The second-order valence-electron chi connectivity index (χ2n) is 7.39. The van der Waals surface area contributed by atoms with Crippen LogP contribution >= 0.6 is 0 Å². The minimum Gasteiger partial charge on any atom is -0.304 e. The van der Waals surface area contributed by atoms with Gasteiger partial charge in [0.1, 0.15) is 5.82 Å². The Morgan fingerprint density at radius 1 is 1.11 bits per heavy atom. The van der Waals surface area contributed by atoms with Crippen molar-refractivity contribution >= 4 is 16.6 Å². The minimum atomic E-state index is -0.304. The molecule has 0 radical (unpaired) electrons. The average Bonchev–Trinajstić information content (AvgIpc) is 2.70. The number of carbonyl (C=O) groups is 1. The highest BCUT2D eigenvalue weighted by Crippen LogP contribution is 2.27. The molecule has 5 nitrogen and oxygen atoms in total. The fourth-order valence-corrected chi connectivity index (χ4v) is 3.56. The molecule has 0 saturated carbocycles. The van der Waals surface area contributed by atoms with Crippen LogP contribution in [0.1, 0.15) is 5.69 Å². The average molecular weight is 378 g/mol. The van der Waals surface area contributed by atoms with Crippen LogP contribution in [0.15, 0.2) is 48.9 Å². The number of Topliss-reactive ketones (excluding diaryl/α,β-unsaturated/α-hetero) is 1. The van der Waals surface area contributed by atoms with Gasteiger partial charge >= 0.3 is 0 Å². The highest BCUT2D eigenvalue weighted by Gasteiger charge is 2.17. The zero-order chi connectivity index (χ0) is 19.5. The molecule has 2 aromatic heterocycles. The van der Waals surface area contributed by atoms with E-state index in [1.807, 2.05) is 12.1 Å². The smallest absolute Gasteiger partial charge is 0.152 e. The van der Waals surface area contributed by atoms with Crippen LogP contribution in [0.3, 0.4) is 0 Å². The second-order valence-corrected chi connectivity index (χ2v) is 7.39. The number of hydrogen-bond donors (Lipinski definition) is 0. The summed E-state index contributed by atoms with van der Waals surface area (Å²) in [6.45, 7) is 4.27. The van der Waals surface area contributed by atoms with Gasteiger partial charge in [-0.05, 0) is 36.7 Å². The molecule has 0 bridgehead atoms. The van der Waals surface area contributed by atoms with Crippen LogP contribution in [-0.2, 0) is 11.2 Å². The van der Waals surface area contributed by atoms with E-state index >= 15 is 0 Å². The number of hydrogen-bond acceptors (Lipinski definition) is 5. The Hall–Kier alpha value is -2.70. The van der Waals surface area contributed by atoms with Crippen LogP contribution in [0.5, 0.6) is 0 Å². The first kappa shape index (κ1) is 18.7. The summed E-state index contributed by atoms with van der Waals surface area (Å²) in [6, 6.07) is 8.79. The van der Waals surface area contributed by atoms with Gasteiger partial charge in [0.05, 0.1) is 13.0 Å². The number of ketones is 1. The summed E-state index contributed by atoms with van der Waals surface area (Å²) in [4.78, 5) is 25.4. The second kappa shape index (κ2) is 8.12. The van der Waals surface area contributed by atoms with E-state index in [0.717, 1.165) is 48.2 Å². The zero-order valence-corrected chi connectivity index (χ0v) is 15.9. The van der Waals surface area contributed by atoms with E-state index in [0.29, 0.717) is 18.5 Å². The number of pyridine rings is 2. The highest BCUT2D eigenvalue weighted by molar-refractivity contribution is 5.88. The molecule has 3 heterocycles. The van der Waals surface area contributed by atoms with E-state index in [2.05, 4.69) is 26.8 Å². The van der Waals surface area contributed by atoms with Crippen molar-refractivity contribution in [2.75, 3.05) is 39.8 Å². The molecular weight excluding hydrogens is 355 g/mol. The van der Waals surface area contributed by atoms with Crippen molar-refractivity contribution in [1.29, 1.82) is 0 Å². The standard InChI is InChI=1S/C22H23FN4O/c1-26-5-7-27(8-6-26)15-20(28)12-19-9-17-10-21(16-3-2-4-24-13-16)22(23)11-18(17)14-25-19/h2-4,9-11,13-14H,5-8,12,15H2,1H3. The Kier molecular flexibility index (Phi) is 5.41. The lowest BCUT2D eigenvalue weighted by Crippen LogP contribution is -2.46. The van der Waals surface area contributed by atoms with E-state index in [1.54, 1.807) is 30.7 Å². The molecule has 1 aliphatic heterocycles. The van der Waals surface area contributed by atoms with E-state index in [-0.39, 0.29) is 11.6 Å². The molecule has 28 heavy (non-hydrogen) atoms. The number of nitrogens with zero attached hydrogens (tertiary/aromatic N) is 4. The van der Waals surface area contributed by atoms with Gasteiger partial charge < -0.3 is 4.90 Å². The Balaban J connectivity index is 1.52. The van der Waals surface area contributed by atoms with E-state index < -0.39 is 0 Å². The first-order chi connectivity index (χ1) is 13.6. The van der Waals surface area contributed by atoms with E-state index in [1.165, 1.54) is 6.07 Å².